The van der Waals surface area contributed by atoms with Crippen molar-refractivity contribution >= 4 is 29.7 Å². The first-order chi connectivity index (χ1) is 14.1. The lowest BCUT2D eigenvalue weighted by molar-refractivity contribution is -0.143. The van der Waals surface area contributed by atoms with Gasteiger partial charge in [-0.15, -0.1) is 0 Å². The second-order valence-corrected chi connectivity index (χ2v) is 7.00. The van der Waals surface area contributed by atoms with E-state index in [1.807, 2.05) is 0 Å². The number of carbonyl (C=O) groups excluding carboxylic acids is 3. The summed E-state index contributed by atoms with van der Waals surface area (Å²) in [7, 11) is 0. The molecule has 1 heterocycles. The zero-order valence-corrected chi connectivity index (χ0v) is 16.9. The molecular weight excluding hydrogens is 398 g/mol. The number of carboxylic acids is 1. The number of aliphatic hydroxyl groups excluding tert-OH is 1. The molecule has 4 atom stereocenters. The van der Waals surface area contributed by atoms with Gasteiger partial charge in [0.15, 0.2) is 5.96 Å². The molecule has 0 aromatic heterocycles. The maximum absolute atomic E-state index is 12.4. The summed E-state index contributed by atoms with van der Waals surface area (Å²) in [5.74, 6) is -3.29. The van der Waals surface area contributed by atoms with E-state index in [2.05, 4.69) is 26.3 Å². The summed E-state index contributed by atoms with van der Waals surface area (Å²) < 4.78 is 0. The number of carbonyl (C=O) groups is 4. The summed E-state index contributed by atoms with van der Waals surface area (Å²) in [4.78, 5) is 51.5. The lowest BCUT2D eigenvalue weighted by atomic mass is 10.1. The van der Waals surface area contributed by atoms with Crippen LogP contribution in [0, 0.1) is 0 Å². The van der Waals surface area contributed by atoms with Crippen molar-refractivity contribution in [3.63, 3.8) is 0 Å². The lowest BCUT2D eigenvalue weighted by Crippen LogP contribution is -2.57. The van der Waals surface area contributed by atoms with E-state index < -0.39 is 36.0 Å². The van der Waals surface area contributed by atoms with Crippen LogP contribution in [0.2, 0.25) is 0 Å². The van der Waals surface area contributed by atoms with E-state index in [4.69, 9.17) is 11.5 Å². The Balaban J connectivity index is 2.56. The molecule has 1 aliphatic rings. The van der Waals surface area contributed by atoms with Crippen molar-refractivity contribution in [3.05, 3.63) is 0 Å². The second-order valence-electron chi connectivity index (χ2n) is 7.00. The number of nitrogens with two attached hydrogens (primary N) is 2. The standard InChI is InChI=1S/C17H31N7O6/c1-9(25)13(24-12(26)8-22-14(27)10-4-2-6-20-10)15(28)23-11(16(29)30)5-3-7-21-17(18)19/h9-11,13,20,25H,2-8H2,1H3,(H,22,27)(H,23,28)(H,24,26)(H,29,30)(H4,18,19,21). The molecule has 4 unspecified atom stereocenters. The van der Waals surface area contributed by atoms with Crippen LogP contribution in [-0.2, 0) is 19.2 Å². The minimum Gasteiger partial charge on any atom is -0.480 e. The van der Waals surface area contributed by atoms with Crippen LogP contribution in [-0.4, -0.2) is 83.7 Å². The Kier molecular flexibility index (Phi) is 10.5. The van der Waals surface area contributed by atoms with Crippen LogP contribution in [0.15, 0.2) is 4.99 Å². The maximum Gasteiger partial charge on any atom is 0.326 e. The molecule has 1 saturated heterocycles. The summed E-state index contributed by atoms with van der Waals surface area (Å²) in [6, 6.07) is -3.00. The molecule has 0 saturated carbocycles. The minimum atomic E-state index is -1.39. The van der Waals surface area contributed by atoms with Gasteiger partial charge in [-0.25, -0.2) is 4.79 Å². The van der Waals surface area contributed by atoms with E-state index in [0.29, 0.717) is 12.8 Å². The summed E-state index contributed by atoms with van der Waals surface area (Å²) in [5, 5.41) is 29.2. The predicted molar refractivity (Wildman–Crippen MR) is 107 cm³/mol. The predicted octanol–water partition coefficient (Wildman–Crippen LogP) is -3.66. The first-order valence-electron chi connectivity index (χ1n) is 9.69. The zero-order chi connectivity index (χ0) is 22.7. The van der Waals surface area contributed by atoms with Crippen LogP contribution < -0.4 is 32.7 Å². The van der Waals surface area contributed by atoms with Gasteiger partial charge in [0.05, 0.1) is 18.7 Å². The van der Waals surface area contributed by atoms with Crippen molar-refractivity contribution in [3.8, 4) is 0 Å². The minimum absolute atomic E-state index is 0.0444. The van der Waals surface area contributed by atoms with E-state index >= 15 is 0 Å². The number of nitrogens with one attached hydrogen (secondary N) is 4. The Hall–Kier alpha value is -2.93. The van der Waals surface area contributed by atoms with Crippen LogP contribution in [0.3, 0.4) is 0 Å². The van der Waals surface area contributed by atoms with Gasteiger partial charge in [0.25, 0.3) is 0 Å². The van der Waals surface area contributed by atoms with Gasteiger partial charge in [-0.2, -0.15) is 0 Å². The van der Waals surface area contributed by atoms with Gasteiger partial charge < -0.3 is 42.9 Å². The molecule has 0 aromatic carbocycles. The maximum atomic E-state index is 12.4. The molecule has 10 N–H and O–H groups in total. The number of amides is 3. The van der Waals surface area contributed by atoms with Gasteiger partial charge in [0.2, 0.25) is 17.7 Å². The van der Waals surface area contributed by atoms with Gasteiger partial charge in [0, 0.05) is 6.54 Å². The highest BCUT2D eigenvalue weighted by Crippen LogP contribution is 2.04. The number of carboxylic acid groups (broad SMARTS) is 1. The van der Waals surface area contributed by atoms with Gasteiger partial charge >= 0.3 is 5.97 Å². The Morgan fingerprint density at radius 3 is 2.47 bits per heavy atom. The highest BCUT2D eigenvalue weighted by Gasteiger charge is 2.30. The molecule has 0 radical (unpaired) electrons. The highest BCUT2D eigenvalue weighted by molar-refractivity contribution is 5.92. The topological polar surface area (TPSA) is 221 Å². The third-order valence-electron chi connectivity index (χ3n) is 4.44. The number of aliphatic hydroxyl groups is 1. The van der Waals surface area contributed by atoms with Crippen molar-refractivity contribution in [2.24, 2.45) is 16.5 Å². The Morgan fingerprint density at radius 1 is 1.23 bits per heavy atom. The smallest absolute Gasteiger partial charge is 0.326 e. The molecule has 13 nitrogen and oxygen atoms in total. The van der Waals surface area contributed by atoms with Crippen molar-refractivity contribution < 1.29 is 29.4 Å². The molecule has 0 aromatic rings. The van der Waals surface area contributed by atoms with E-state index in [0.717, 1.165) is 13.0 Å². The molecule has 0 bridgehead atoms. The van der Waals surface area contributed by atoms with Gasteiger partial charge in [-0.3, -0.25) is 19.4 Å². The zero-order valence-electron chi connectivity index (χ0n) is 16.9. The largest absolute Gasteiger partial charge is 0.480 e. The summed E-state index contributed by atoms with van der Waals surface area (Å²) in [5.41, 5.74) is 10.4. The molecule has 3 amide bonds. The molecule has 13 heteroatoms. The third kappa shape index (κ3) is 9.05. The van der Waals surface area contributed by atoms with E-state index in [-0.39, 0.29) is 37.4 Å². The van der Waals surface area contributed by atoms with Gasteiger partial charge in [-0.05, 0) is 39.2 Å². The number of nitrogens with zero attached hydrogens (tertiary/aromatic N) is 1. The number of hydrogen-bond acceptors (Lipinski definition) is 7. The fraction of sp³-hybridized carbons (Fsp3) is 0.706. The van der Waals surface area contributed by atoms with E-state index in [1.54, 1.807) is 0 Å². The van der Waals surface area contributed by atoms with Crippen LogP contribution in [0.25, 0.3) is 0 Å². The molecule has 1 aliphatic heterocycles. The molecule has 1 fully saturated rings. The molecule has 0 aliphatic carbocycles. The fourth-order valence-corrected chi connectivity index (χ4v) is 2.85. The Morgan fingerprint density at radius 2 is 1.93 bits per heavy atom. The first kappa shape index (κ1) is 25.1. The highest BCUT2D eigenvalue weighted by atomic mass is 16.4. The fourth-order valence-electron chi connectivity index (χ4n) is 2.85. The SMILES string of the molecule is CC(O)C(NC(=O)CNC(=O)C1CCCN1)C(=O)NC(CCCN=C(N)N)C(=O)O. The number of guanidine groups is 1. The average molecular weight is 429 g/mol. The van der Waals surface area contributed by atoms with E-state index in [1.165, 1.54) is 6.92 Å². The number of rotatable bonds is 12. The van der Waals surface area contributed by atoms with Crippen LogP contribution in [0.5, 0.6) is 0 Å². The first-order valence-corrected chi connectivity index (χ1v) is 9.69. The summed E-state index contributed by atoms with van der Waals surface area (Å²) in [6.45, 7) is 1.81. The normalized spacial score (nSPS) is 18.5. The summed E-state index contributed by atoms with van der Waals surface area (Å²) >= 11 is 0. The molecule has 0 spiro atoms. The summed E-state index contributed by atoms with van der Waals surface area (Å²) in [6.07, 6.45) is 0.583. The number of aliphatic imine (C=N–C) groups is 1. The number of hydrogen-bond donors (Lipinski definition) is 8. The second kappa shape index (κ2) is 12.6. The van der Waals surface area contributed by atoms with Crippen molar-refractivity contribution in [1.29, 1.82) is 0 Å². The molecule has 170 valence electrons. The number of aliphatic carboxylic acids is 1. The van der Waals surface area contributed by atoms with Crippen molar-refractivity contribution in [2.45, 2.75) is 56.8 Å². The van der Waals surface area contributed by atoms with Gasteiger partial charge in [-0.1, -0.05) is 0 Å². The molecular formula is C17H31N7O6. The Labute approximate surface area is 174 Å². The van der Waals surface area contributed by atoms with Crippen LogP contribution in [0.1, 0.15) is 32.6 Å². The Bertz CT molecular complexity index is 645. The van der Waals surface area contributed by atoms with Crippen LogP contribution >= 0.6 is 0 Å². The third-order valence-corrected chi connectivity index (χ3v) is 4.44. The van der Waals surface area contributed by atoms with Crippen molar-refractivity contribution in [2.75, 3.05) is 19.6 Å². The quantitative estimate of drug-likeness (QED) is 0.0868. The monoisotopic (exact) mass is 429 g/mol. The molecule has 1 rings (SSSR count). The van der Waals surface area contributed by atoms with Crippen LogP contribution in [0.4, 0.5) is 0 Å². The average Bonchev–Trinajstić information content (AvgIpc) is 3.20. The van der Waals surface area contributed by atoms with E-state index in [9.17, 15) is 29.4 Å². The van der Waals surface area contributed by atoms with Gasteiger partial charge in [0.1, 0.15) is 12.1 Å². The van der Waals surface area contributed by atoms with Crippen molar-refractivity contribution in [1.82, 2.24) is 21.3 Å². The molecule has 30 heavy (non-hydrogen) atoms. The lowest BCUT2D eigenvalue weighted by Gasteiger charge is -2.23.